The van der Waals surface area contributed by atoms with Gasteiger partial charge in [-0.2, -0.15) is 15.0 Å². The summed E-state index contributed by atoms with van der Waals surface area (Å²) in [6, 6.07) is 2.90. The van der Waals surface area contributed by atoms with Crippen LogP contribution in [0.15, 0.2) is 18.2 Å². The van der Waals surface area contributed by atoms with Crippen LogP contribution in [-0.2, 0) is 0 Å². The maximum absolute atomic E-state index is 12.9. The number of benzene rings is 1. The van der Waals surface area contributed by atoms with Gasteiger partial charge in [-0.25, -0.2) is 8.78 Å². The number of aromatic nitrogens is 3. The molecule has 0 saturated carbocycles. The van der Waals surface area contributed by atoms with Crippen molar-refractivity contribution in [3.05, 3.63) is 40.4 Å². The average molecular weight is 277 g/mol. The molecule has 0 radical (unpaired) electrons. The highest BCUT2D eigenvalue weighted by molar-refractivity contribution is 6.31. The van der Waals surface area contributed by atoms with Crippen LogP contribution in [0.4, 0.5) is 20.4 Å². The zero-order valence-electron chi connectivity index (χ0n) is 8.09. The Kier molecular flexibility index (Phi) is 3.35. The molecule has 0 aliphatic rings. The third-order valence-electron chi connectivity index (χ3n) is 1.70. The third-order valence-corrected chi connectivity index (χ3v) is 2.04. The van der Waals surface area contributed by atoms with Crippen molar-refractivity contribution < 1.29 is 8.78 Å². The average Bonchev–Trinajstić information content (AvgIpc) is 2.13. The summed E-state index contributed by atoms with van der Waals surface area (Å²) in [6.07, 6.45) is 0. The number of nitrogens with zero attached hydrogens (tertiary/aromatic N) is 3. The van der Waals surface area contributed by atoms with E-state index in [1.54, 1.807) is 0 Å². The molecule has 1 heterocycles. The summed E-state index contributed by atoms with van der Waals surface area (Å²) < 4.78 is 25.8. The van der Waals surface area contributed by atoms with E-state index in [-0.39, 0.29) is 22.2 Å². The Labute approximate surface area is 105 Å². The second kappa shape index (κ2) is 4.77. The van der Waals surface area contributed by atoms with Crippen molar-refractivity contribution in [2.45, 2.75) is 0 Å². The van der Waals surface area contributed by atoms with E-state index in [0.29, 0.717) is 0 Å². The minimum Gasteiger partial charge on any atom is -0.324 e. The lowest BCUT2D eigenvalue weighted by Gasteiger charge is -2.05. The summed E-state index contributed by atoms with van der Waals surface area (Å²) >= 11 is 11.1. The van der Waals surface area contributed by atoms with Crippen molar-refractivity contribution in [2.24, 2.45) is 0 Å². The van der Waals surface area contributed by atoms with E-state index in [0.717, 1.165) is 18.2 Å². The molecule has 0 bridgehead atoms. The molecule has 0 aliphatic carbocycles. The van der Waals surface area contributed by atoms with Crippen LogP contribution in [0, 0.1) is 11.6 Å². The SMILES string of the molecule is Fc1cc(F)cc(Nc2nc(Cl)nc(Cl)n2)c1. The van der Waals surface area contributed by atoms with Crippen LogP contribution in [-0.4, -0.2) is 15.0 Å². The predicted octanol–water partition coefficient (Wildman–Crippen LogP) is 3.20. The maximum Gasteiger partial charge on any atom is 0.232 e. The molecular formula is C9H4Cl2F2N4. The topological polar surface area (TPSA) is 50.7 Å². The Morgan fingerprint density at radius 3 is 1.94 bits per heavy atom. The Balaban J connectivity index is 2.31. The molecule has 4 nitrogen and oxygen atoms in total. The van der Waals surface area contributed by atoms with E-state index in [2.05, 4.69) is 20.3 Å². The first-order chi connectivity index (χ1) is 8.02. The molecule has 0 aliphatic heterocycles. The molecule has 88 valence electrons. The summed E-state index contributed by atoms with van der Waals surface area (Å²) in [6.45, 7) is 0. The fourth-order valence-corrected chi connectivity index (χ4v) is 1.50. The highest BCUT2D eigenvalue weighted by atomic mass is 35.5. The summed E-state index contributed by atoms with van der Waals surface area (Å²) in [5.41, 5.74) is 0.140. The van der Waals surface area contributed by atoms with E-state index >= 15 is 0 Å². The molecule has 1 aromatic carbocycles. The number of anilines is 2. The lowest BCUT2D eigenvalue weighted by molar-refractivity contribution is 0.584. The van der Waals surface area contributed by atoms with Crippen LogP contribution in [0.3, 0.4) is 0 Å². The van der Waals surface area contributed by atoms with Crippen molar-refractivity contribution in [2.75, 3.05) is 5.32 Å². The van der Waals surface area contributed by atoms with Gasteiger partial charge >= 0.3 is 0 Å². The molecule has 2 rings (SSSR count). The highest BCUT2D eigenvalue weighted by Crippen LogP contribution is 2.18. The minimum atomic E-state index is -0.723. The van der Waals surface area contributed by atoms with E-state index in [9.17, 15) is 8.78 Å². The first kappa shape index (κ1) is 11.9. The Bertz CT molecular complexity index is 475. The zero-order chi connectivity index (χ0) is 12.4. The normalized spacial score (nSPS) is 10.4. The summed E-state index contributed by atoms with van der Waals surface area (Å²) in [5.74, 6) is -1.45. The summed E-state index contributed by atoms with van der Waals surface area (Å²) in [7, 11) is 0. The van der Waals surface area contributed by atoms with Gasteiger partial charge in [0.2, 0.25) is 16.5 Å². The lowest BCUT2D eigenvalue weighted by Crippen LogP contribution is -2.00. The van der Waals surface area contributed by atoms with E-state index in [1.807, 2.05) is 0 Å². The minimum absolute atomic E-state index is 0.000000000000000666. The summed E-state index contributed by atoms with van der Waals surface area (Å²) in [4.78, 5) is 10.9. The fraction of sp³-hybridized carbons (Fsp3) is 0. The second-order valence-corrected chi connectivity index (χ2v) is 3.66. The predicted molar refractivity (Wildman–Crippen MR) is 59.5 cm³/mol. The molecular weight excluding hydrogens is 273 g/mol. The monoisotopic (exact) mass is 276 g/mol. The smallest absolute Gasteiger partial charge is 0.232 e. The van der Waals surface area contributed by atoms with Crippen molar-refractivity contribution in [3.8, 4) is 0 Å². The van der Waals surface area contributed by atoms with Gasteiger partial charge in [-0.05, 0) is 35.3 Å². The molecule has 17 heavy (non-hydrogen) atoms. The van der Waals surface area contributed by atoms with Gasteiger partial charge in [0, 0.05) is 11.8 Å². The number of halogens is 4. The molecule has 0 saturated heterocycles. The third kappa shape index (κ3) is 3.21. The number of hydrogen-bond acceptors (Lipinski definition) is 4. The van der Waals surface area contributed by atoms with Gasteiger partial charge in [-0.1, -0.05) is 0 Å². The van der Waals surface area contributed by atoms with Crippen molar-refractivity contribution in [1.82, 2.24) is 15.0 Å². The van der Waals surface area contributed by atoms with Crippen molar-refractivity contribution in [1.29, 1.82) is 0 Å². The molecule has 0 unspecified atom stereocenters. The first-order valence-corrected chi connectivity index (χ1v) is 5.09. The van der Waals surface area contributed by atoms with Gasteiger partial charge in [-0.15, -0.1) is 0 Å². The second-order valence-electron chi connectivity index (χ2n) is 2.98. The van der Waals surface area contributed by atoms with Gasteiger partial charge in [0.05, 0.1) is 0 Å². The largest absolute Gasteiger partial charge is 0.324 e. The van der Waals surface area contributed by atoms with Gasteiger partial charge in [0.15, 0.2) is 0 Å². The number of rotatable bonds is 2. The van der Waals surface area contributed by atoms with Crippen molar-refractivity contribution >= 4 is 34.8 Å². The van der Waals surface area contributed by atoms with Crippen LogP contribution in [0.1, 0.15) is 0 Å². The van der Waals surface area contributed by atoms with Crippen LogP contribution in [0.2, 0.25) is 10.6 Å². The molecule has 8 heteroatoms. The molecule has 1 aromatic heterocycles. The first-order valence-electron chi connectivity index (χ1n) is 4.33. The van der Waals surface area contributed by atoms with Gasteiger partial charge in [0.25, 0.3) is 0 Å². The van der Waals surface area contributed by atoms with E-state index < -0.39 is 11.6 Å². The quantitative estimate of drug-likeness (QED) is 0.915. The Morgan fingerprint density at radius 2 is 1.41 bits per heavy atom. The zero-order valence-corrected chi connectivity index (χ0v) is 9.60. The molecule has 0 fully saturated rings. The molecule has 0 atom stereocenters. The molecule has 0 spiro atoms. The Hall–Kier alpha value is -1.53. The standard InChI is InChI=1S/C9H4Cl2F2N4/c10-7-15-8(11)17-9(16-7)14-6-2-4(12)1-5(13)3-6/h1-3H,(H,14,15,16,17). The summed E-state index contributed by atoms with van der Waals surface area (Å²) in [5, 5.41) is 2.31. The molecule has 0 amide bonds. The number of nitrogens with one attached hydrogen (secondary N) is 1. The fourth-order valence-electron chi connectivity index (χ4n) is 1.14. The maximum atomic E-state index is 12.9. The van der Waals surface area contributed by atoms with Crippen LogP contribution in [0.25, 0.3) is 0 Å². The van der Waals surface area contributed by atoms with Crippen LogP contribution >= 0.6 is 23.2 Å². The number of hydrogen-bond donors (Lipinski definition) is 1. The van der Waals surface area contributed by atoms with E-state index in [4.69, 9.17) is 23.2 Å². The van der Waals surface area contributed by atoms with Crippen LogP contribution in [0.5, 0.6) is 0 Å². The van der Waals surface area contributed by atoms with Crippen molar-refractivity contribution in [3.63, 3.8) is 0 Å². The van der Waals surface area contributed by atoms with Gasteiger partial charge in [0.1, 0.15) is 11.6 Å². The highest BCUT2D eigenvalue weighted by Gasteiger charge is 2.05. The Morgan fingerprint density at radius 1 is 0.882 bits per heavy atom. The lowest BCUT2D eigenvalue weighted by atomic mass is 10.3. The van der Waals surface area contributed by atoms with Gasteiger partial charge < -0.3 is 5.32 Å². The van der Waals surface area contributed by atoms with E-state index in [1.165, 1.54) is 0 Å². The molecule has 2 aromatic rings. The van der Waals surface area contributed by atoms with Crippen LogP contribution < -0.4 is 5.32 Å². The molecule has 1 N–H and O–H groups in total. The van der Waals surface area contributed by atoms with Gasteiger partial charge in [-0.3, -0.25) is 0 Å².